The molecule has 0 radical (unpaired) electrons. The van der Waals surface area contributed by atoms with Crippen LogP contribution in [0.4, 0.5) is 0 Å². The number of nitrogens with zero attached hydrogens (tertiary/aromatic N) is 3. The van der Waals surface area contributed by atoms with Gasteiger partial charge in [-0.25, -0.2) is 15.0 Å². The molecule has 1 fully saturated rings. The van der Waals surface area contributed by atoms with Crippen LogP contribution in [0, 0.1) is 13.8 Å². The summed E-state index contributed by atoms with van der Waals surface area (Å²) in [5.74, 6) is -0.118. The molecule has 3 aromatic rings. The molecule has 1 aliphatic rings. The lowest BCUT2D eigenvalue weighted by molar-refractivity contribution is 0.0880. The van der Waals surface area contributed by atoms with Gasteiger partial charge in [-0.05, 0) is 57.7 Å². The molecule has 2 heterocycles. The van der Waals surface area contributed by atoms with Crippen LogP contribution in [0.1, 0.15) is 47.6 Å². The molecule has 4 rings (SSSR count). The van der Waals surface area contributed by atoms with Crippen LogP contribution >= 0.6 is 0 Å². The van der Waals surface area contributed by atoms with Crippen LogP contribution in [0.25, 0.3) is 10.9 Å². The molecule has 6 heteroatoms. The maximum Gasteiger partial charge on any atom is 0.317 e. The largest absolute Gasteiger partial charge is 0.460 e. The van der Waals surface area contributed by atoms with Crippen molar-refractivity contribution in [3.63, 3.8) is 0 Å². The summed E-state index contributed by atoms with van der Waals surface area (Å²) in [7, 11) is 0. The Balaban J connectivity index is 1.32. The molecule has 1 amide bonds. The number of nitrogens with one attached hydrogen (secondary N) is 1. The van der Waals surface area contributed by atoms with Gasteiger partial charge in [-0.1, -0.05) is 24.3 Å². The Hall–Kier alpha value is -3.02. The number of aryl methyl sites for hydroxylation is 2. The highest BCUT2D eigenvalue weighted by Crippen LogP contribution is 2.23. The van der Waals surface area contributed by atoms with E-state index < -0.39 is 0 Å². The van der Waals surface area contributed by atoms with Crippen LogP contribution in [-0.4, -0.2) is 33.0 Å². The normalized spacial score (nSPS) is 19.4. The van der Waals surface area contributed by atoms with Crippen LogP contribution in [-0.2, 0) is 0 Å². The molecular formula is C22H24N4O2. The molecule has 1 aromatic carbocycles. The molecule has 1 saturated carbocycles. The van der Waals surface area contributed by atoms with Crippen LogP contribution < -0.4 is 10.1 Å². The van der Waals surface area contributed by atoms with Gasteiger partial charge in [0.05, 0.1) is 5.52 Å². The van der Waals surface area contributed by atoms with Crippen LogP contribution in [0.15, 0.2) is 42.5 Å². The third-order valence-electron chi connectivity index (χ3n) is 5.07. The zero-order chi connectivity index (χ0) is 19.5. The summed E-state index contributed by atoms with van der Waals surface area (Å²) < 4.78 is 5.96. The van der Waals surface area contributed by atoms with Crippen molar-refractivity contribution in [2.75, 3.05) is 0 Å². The number of hydrogen-bond acceptors (Lipinski definition) is 5. The van der Waals surface area contributed by atoms with Gasteiger partial charge < -0.3 is 10.1 Å². The molecule has 28 heavy (non-hydrogen) atoms. The second-order valence-corrected chi connectivity index (χ2v) is 7.39. The minimum Gasteiger partial charge on any atom is -0.460 e. The van der Waals surface area contributed by atoms with Crippen molar-refractivity contribution < 1.29 is 9.53 Å². The Morgan fingerprint density at radius 2 is 1.68 bits per heavy atom. The monoisotopic (exact) mass is 376 g/mol. The topological polar surface area (TPSA) is 77.0 Å². The number of carbonyl (C=O) groups is 1. The van der Waals surface area contributed by atoms with E-state index in [9.17, 15) is 4.79 Å². The SMILES string of the molecule is Cc1cc(C)nc(OC2CCC(NC(=O)c3ccc4ccccc4n3)CC2)n1. The maximum atomic E-state index is 12.6. The summed E-state index contributed by atoms with van der Waals surface area (Å²) in [4.78, 5) is 25.8. The number of para-hydroxylation sites is 1. The maximum absolute atomic E-state index is 12.6. The fourth-order valence-corrected chi connectivity index (χ4v) is 3.67. The van der Waals surface area contributed by atoms with Crippen LogP contribution in [0.5, 0.6) is 6.01 Å². The average molecular weight is 376 g/mol. The lowest BCUT2D eigenvalue weighted by atomic mass is 9.93. The van der Waals surface area contributed by atoms with Gasteiger partial charge in [0, 0.05) is 22.8 Å². The quantitative estimate of drug-likeness (QED) is 0.750. The smallest absolute Gasteiger partial charge is 0.317 e. The lowest BCUT2D eigenvalue weighted by Gasteiger charge is -2.28. The first-order valence-electron chi connectivity index (χ1n) is 9.72. The van der Waals surface area contributed by atoms with Crippen molar-refractivity contribution in [2.45, 2.75) is 51.7 Å². The minimum atomic E-state index is -0.118. The zero-order valence-electron chi connectivity index (χ0n) is 16.2. The Morgan fingerprint density at radius 1 is 0.964 bits per heavy atom. The van der Waals surface area contributed by atoms with E-state index >= 15 is 0 Å². The Labute approximate surface area is 164 Å². The van der Waals surface area contributed by atoms with Gasteiger partial charge in [0.2, 0.25) is 0 Å². The van der Waals surface area contributed by atoms with Crippen molar-refractivity contribution in [1.29, 1.82) is 0 Å². The summed E-state index contributed by atoms with van der Waals surface area (Å²) in [6.07, 6.45) is 3.57. The average Bonchev–Trinajstić information content (AvgIpc) is 2.68. The highest BCUT2D eigenvalue weighted by Gasteiger charge is 2.25. The number of hydrogen-bond donors (Lipinski definition) is 1. The van der Waals surface area contributed by atoms with E-state index in [0.29, 0.717) is 11.7 Å². The number of fused-ring (bicyclic) bond motifs is 1. The highest BCUT2D eigenvalue weighted by molar-refractivity contribution is 5.95. The molecule has 1 N–H and O–H groups in total. The van der Waals surface area contributed by atoms with E-state index in [2.05, 4.69) is 20.3 Å². The van der Waals surface area contributed by atoms with Crippen molar-refractivity contribution >= 4 is 16.8 Å². The molecule has 0 saturated heterocycles. The van der Waals surface area contributed by atoms with E-state index in [1.807, 2.05) is 50.2 Å². The van der Waals surface area contributed by atoms with Crippen LogP contribution in [0.2, 0.25) is 0 Å². The molecule has 2 aromatic heterocycles. The molecule has 0 atom stereocenters. The van der Waals surface area contributed by atoms with Gasteiger partial charge in [-0.2, -0.15) is 0 Å². The van der Waals surface area contributed by atoms with Gasteiger partial charge in [-0.3, -0.25) is 4.79 Å². The molecule has 0 unspecified atom stereocenters. The Bertz CT molecular complexity index is 976. The van der Waals surface area contributed by atoms with Gasteiger partial charge in [0.1, 0.15) is 11.8 Å². The fraction of sp³-hybridized carbons (Fsp3) is 0.364. The third-order valence-corrected chi connectivity index (χ3v) is 5.07. The minimum absolute atomic E-state index is 0.0909. The second-order valence-electron chi connectivity index (χ2n) is 7.39. The van der Waals surface area contributed by atoms with Gasteiger partial charge in [-0.15, -0.1) is 0 Å². The summed E-state index contributed by atoms with van der Waals surface area (Å²) in [5.41, 5.74) is 3.11. The summed E-state index contributed by atoms with van der Waals surface area (Å²) in [6, 6.07) is 14.0. The number of benzene rings is 1. The molecule has 1 aliphatic carbocycles. The number of rotatable bonds is 4. The van der Waals surface area contributed by atoms with Crippen molar-refractivity contribution in [2.24, 2.45) is 0 Å². The van der Waals surface area contributed by atoms with Crippen molar-refractivity contribution in [1.82, 2.24) is 20.3 Å². The molecule has 0 bridgehead atoms. The summed E-state index contributed by atoms with van der Waals surface area (Å²) in [5, 5.41) is 4.15. The predicted molar refractivity (Wildman–Crippen MR) is 107 cm³/mol. The third kappa shape index (κ3) is 4.27. The van der Waals surface area contributed by atoms with Crippen LogP contribution in [0.3, 0.4) is 0 Å². The van der Waals surface area contributed by atoms with Crippen molar-refractivity contribution in [3.8, 4) is 6.01 Å². The first kappa shape index (κ1) is 18.3. The van der Waals surface area contributed by atoms with E-state index in [0.717, 1.165) is 48.0 Å². The summed E-state index contributed by atoms with van der Waals surface area (Å²) >= 11 is 0. The van der Waals surface area contributed by atoms with Gasteiger partial charge in [0.15, 0.2) is 0 Å². The van der Waals surface area contributed by atoms with E-state index in [-0.39, 0.29) is 18.1 Å². The molecule has 144 valence electrons. The van der Waals surface area contributed by atoms with E-state index in [1.165, 1.54) is 0 Å². The lowest BCUT2D eigenvalue weighted by Crippen LogP contribution is -2.40. The fourth-order valence-electron chi connectivity index (χ4n) is 3.67. The highest BCUT2D eigenvalue weighted by atomic mass is 16.5. The number of amides is 1. The first-order chi connectivity index (χ1) is 13.6. The molecule has 0 aliphatic heterocycles. The van der Waals surface area contributed by atoms with Gasteiger partial charge in [0.25, 0.3) is 5.91 Å². The van der Waals surface area contributed by atoms with Gasteiger partial charge >= 0.3 is 6.01 Å². The van der Waals surface area contributed by atoms with Crippen molar-refractivity contribution in [3.05, 3.63) is 59.5 Å². The zero-order valence-corrected chi connectivity index (χ0v) is 16.2. The van der Waals surface area contributed by atoms with E-state index in [1.54, 1.807) is 6.07 Å². The molecule has 6 nitrogen and oxygen atoms in total. The first-order valence-corrected chi connectivity index (χ1v) is 9.72. The number of ether oxygens (including phenoxy) is 1. The number of aromatic nitrogens is 3. The summed E-state index contributed by atoms with van der Waals surface area (Å²) in [6.45, 7) is 3.88. The molecular weight excluding hydrogens is 352 g/mol. The number of carbonyl (C=O) groups excluding carboxylic acids is 1. The van der Waals surface area contributed by atoms with E-state index in [4.69, 9.17) is 4.74 Å². The standard InChI is InChI=1S/C22H24N4O2/c1-14-13-15(2)24-22(23-14)28-18-10-8-17(9-11-18)25-21(27)20-12-7-16-5-3-4-6-19(16)26-20/h3-7,12-13,17-18H,8-11H2,1-2H3,(H,25,27). The number of pyridine rings is 1. The Morgan fingerprint density at radius 3 is 2.43 bits per heavy atom. The Kier molecular flexibility index (Phi) is 5.19. The second kappa shape index (κ2) is 7.92. The molecule has 0 spiro atoms. The predicted octanol–water partition coefficient (Wildman–Crippen LogP) is 3.76.